The molecule has 0 radical (unpaired) electrons. The molecule has 3 aromatic rings. The molecule has 3 N–H and O–H groups in total. The van der Waals surface area contributed by atoms with E-state index in [4.69, 9.17) is 23.2 Å². The standard InChI is InChI=1S/C16H15Cl2N5O/c17-14-15(18)23-13(22-14)2-1-8-19-16-20-9-7-12(21-16)10-3-5-11(24)6-4-10/h3-7,9,24H,1-2,8H2,(H,22,23)(H,19,20,21). The summed E-state index contributed by atoms with van der Waals surface area (Å²) in [5, 5.41) is 13.2. The fourth-order valence-electron chi connectivity index (χ4n) is 2.19. The van der Waals surface area contributed by atoms with Crippen molar-refractivity contribution in [3.63, 3.8) is 0 Å². The molecule has 0 unspecified atom stereocenters. The Balaban J connectivity index is 1.56. The third-order valence-corrected chi connectivity index (χ3v) is 4.00. The van der Waals surface area contributed by atoms with Crippen LogP contribution in [0.15, 0.2) is 36.5 Å². The molecule has 124 valence electrons. The van der Waals surface area contributed by atoms with Crippen LogP contribution in [-0.4, -0.2) is 31.6 Å². The van der Waals surface area contributed by atoms with Crippen molar-refractivity contribution < 1.29 is 5.11 Å². The van der Waals surface area contributed by atoms with Gasteiger partial charge >= 0.3 is 0 Å². The Hall–Kier alpha value is -2.31. The lowest BCUT2D eigenvalue weighted by molar-refractivity contribution is 0.475. The molecule has 0 fully saturated rings. The summed E-state index contributed by atoms with van der Waals surface area (Å²) in [6.07, 6.45) is 3.24. The number of phenolic OH excluding ortho intramolecular Hbond substituents is 1. The quantitative estimate of drug-likeness (QED) is 0.577. The molecular formula is C16H15Cl2N5O. The largest absolute Gasteiger partial charge is 0.508 e. The number of aromatic hydroxyl groups is 1. The van der Waals surface area contributed by atoms with Crippen molar-refractivity contribution in [2.75, 3.05) is 11.9 Å². The Morgan fingerprint density at radius 2 is 1.88 bits per heavy atom. The second-order valence-electron chi connectivity index (χ2n) is 5.13. The summed E-state index contributed by atoms with van der Waals surface area (Å²) in [5.74, 6) is 1.53. The molecule has 24 heavy (non-hydrogen) atoms. The first kappa shape index (κ1) is 16.5. The fourth-order valence-corrected chi connectivity index (χ4v) is 2.49. The van der Waals surface area contributed by atoms with Crippen LogP contribution in [-0.2, 0) is 6.42 Å². The van der Waals surface area contributed by atoms with Gasteiger partial charge in [-0.05, 0) is 36.8 Å². The van der Waals surface area contributed by atoms with E-state index in [1.165, 1.54) is 0 Å². The van der Waals surface area contributed by atoms with Gasteiger partial charge in [-0.1, -0.05) is 23.2 Å². The average molecular weight is 364 g/mol. The summed E-state index contributed by atoms with van der Waals surface area (Å²) >= 11 is 11.6. The Morgan fingerprint density at radius 1 is 1.08 bits per heavy atom. The number of anilines is 1. The van der Waals surface area contributed by atoms with Crippen LogP contribution in [0.3, 0.4) is 0 Å². The van der Waals surface area contributed by atoms with Crippen LogP contribution in [0.5, 0.6) is 5.75 Å². The van der Waals surface area contributed by atoms with Crippen LogP contribution in [0.25, 0.3) is 11.3 Å². The number of imidazole rings is 1. The number of aromatic nitrogens is 4. The lowest BCUT2D eigenvalue weighted by Crippen LogP contribution is -2.07. The van der Waals surface area contributed by atoms with Gasteiger partial charge in [-0.15, -0.1) is 0 Å². The van der Waals surface area contributed by atoms with Gasteiger partial charge in [0.2, 0.25) is 5.95 Å². The van der Waals surface area contributed by atoms with Gasteiger partial charge in [-0.3, -0.25) is 0 Å². The maximum Gasteiger partial charge on any atom is 0.223 e. The van der Waals surface area contributed by atoms with E-state index in [1.54, 1.807) is 18.3 Å². The van der Waals surface area contributed by atoms with E-state index in [0.29, 0.717) is 22.8 Å². The minimum atomic E-state index is 0.226. The van der Waals surface area contributed by atoms with Gasteiger partial charge in [0.25, 0.3) is 0 Å². The molecule has 0 aliphatic carbocycles. The van der Waals surface area contributed by atoms with Crippen molar-refractivity contribution in [3.05, 3.63) is 52.7 Å². The highest BCUT2D eigenvalue weighted by Crippen LogP contribution is 2.21. The summed E-state index contributed by atoms with van der Waals surface area (Å²) < 4.78 is 0. The summed E-state index contributed by atoms with van der Waals surface area (Å²) in [4.78, 5) is 15.7. The van der Waals surface area contributed by atoms with Crippen molar-refractivity contribution in [1.82, 2.24) is 19.9 Å². The van der Waals surface area contributed by atoms with Crippen LogP contribution < -0.4 is 5.32 Å². The number of phenols is 1. The van der Waals surface area contributed by atoms with E-state index < -0.39 is 0 Å². The van der Waals surface area contributed by atoms with E-state index in [1.807, 2.05) is 18.2 Å². The van der Waals surface area contributed by atoms with Gasteiger partial charge < -0.3 is 15.4 Å². The number of hydrogen-bond acceptors (Lipinski definition) is 5. The first-order valence-electron chi connectivity index (χ1n) is 7.38. The lowest BCUT2D eigenvalue weighted by Gasteiger charge is -2.06. The van der Waals surface area contributed by atoms with Crippen LogP contribution in [0.2, 0.25) is 10.3 Å². The smallest absolute Gasteiger partial charge is 0.223 e. The number of aromatic amines is 1. The van der Waals surface area contributed by atoms with E-state index in [-0.39, 0.29) is 5.75 Å². The zero-order valence-electron chi connectivity index (χ0n) is 12.6. The first-order chi connectivity index (χ1) is 11.6. The van der Waals surface area contributed by atoms with E-state index >= 15 is 0 Å². The minimum Gasteiger partial charge on any atom is -0.508 e. The molecule has 2 heterocycles. The average Bonchev–Trinajstić information content (AvgIpc) is 2.91. The topological polar surface area (TPSA) is 86.7 Å². The third-order valence-electron chi connectivity index (χ3n) is 3.36. The van der Waals surface area contributed by atoms with E-state index in [9.17, 15) is 5.11 Å². The summed E-state index contributed by atoms with van der Waals surface area (Å²) in [6, 6.07) is 8.70. The normalized spacial score (nSPS) is 10.8. The van der Waals surface area contributed by atoms with E-state index in [0.717, 1.165) is 29.9 Å². The Kier molecular flexibility index (Phi) is 5.17. The molecule has 0 atom stereocenters. The highest BCUT2D eigenvalue weighted by Gasteiger charge is 2.06. The summed E-state index contributed by atoms with van der Waals surface area (Å²) in [5.41, 5.74) is 1.70. The SMILES string of the molecule is Oc1ccc(-c2ccnc(NCCCc3nc(Cl)c(Cl)[nH]3)n2)cc1. The highest BCUT2D eigenvalue weighted by atomic mass is 35.5. The first-order valence-corrected chi connectivity index (χ1v) is 8.13. The Morgan fingerprint density at radius 3 is 2.58 bits per heavy atom. The molecule has 0 saturated heterocycles. The van der Waals surface area contributed by atoms with Crippen LogP contribution in [0.4, 0.5) is 5.95 Å². The molecule has 8 heteroatoms. The summed E-state index contributed by atoms with van der Waals surface area (Å²) in [6.45, 7) is 0.689. The molecule has 2 aromatic heterocycles. The van der Waals surface area contributed by atoms with E-state index in [2.05, 4.69) is 25.3 Å². The maximum atomic E-state index is 9.34. The monoisotopic (exact) mass is 363 g/mol. The molecule has 0 amide bonds. The van der Waals surface area contributed by atoms with Gasteiger partial charge in [0.15, 0.2) is 5.15 Å². The molecule has 0 aliphatic heterocycles. The maximum absolute atomic E-state index is 9.34. The number of nitrogens with one attached hydrogen (secondary N) is 2. The number of halogens is 2. The highest BCUT2D eigenvalue weighted by molar-refractivity contribution is 6.40. The number of H-pyrrole nitrogens is 1. The third kappa shape index (κ3) is 4.15. The van der Waals surface area contributed by atoms with Crippen molar-refractivity contribution in [1.29, 1.82) is 0 Å². The van der Waals surface area contributed by atoms with Gasteiger partial charge in [0.05, 0.1) is 5.69 Å². The molecule has 0 spiro atoms. The summed E-state index contributed by atoms with van der Waals surface area (Å²) in [7, 11) is 0. The van der Waals surface area contributed by atoms with Crippen LogP contribution in [0, 0.1) is 0 Å². The number of nitrogens with zero attached hydrogens (tertiary/aromatic N) is 3. The zero-order valence-corrected chi connectivity index (χ0v) is 14.1. The van der Waals surface area contributed by atoms with Gasteiger partial charge in [-0.2, -0.15) is 0 Å². The Labute approximate surface area is 148 Å². The molecular weight excluding hydrogens is 349 g/mol. The van der Waals surface area contributed by atoms with Gasteiger partial charge in [0, 0.05) is 24.7 Å². The number of benzene rings is 1. The minimum absolute atomic E-state index is 0.226. The number of rotatable bonds is 6. The second kappa shape index (κ2) is 7.51. The number of aryl methyl sites for hydroxylation is 1. The lowest BCUT2D eigenvalue weighted by atomic mass is 10.1. The molecule has 6 nitrogen and oxygen atoms in total. The number of hydrogen-bond donors (Lipinski definition) is 3. The molecule has 0 bridgehead atoms. The zero-order chi connectivity index (χ0) is 16.9. The Bertz CT molecular complexity index is 800. The molecule has 0 aliphatic rings. The predicted molar refractivity (Wildman–Crippen MR) is 94.6 cm³/mol. The molecule has 0 saturated carbocycles. The molecule has 1 aromatic carbocycles. The van der Waals surface area contributed by atoms with Crippen molar-refractivity contribution in [2.45, 2.75) is 12.8 Å². The van der Waals surface area contributed by atoms with Crippen LogP contribution in [0.1, 0.15) is 12.2 Å². The second-order valence-corrected chi connectivity index (χ2v) is 5.87. The fraction of sp³-hybridized carbons (Fsp3) is 0.188. The van der Waals surface area contributed by atoms with Crippen molar-refractivity contribution in [3.8, 4) is 17.0 Å². The van der Waals surface area contributed by atoms with Gasteiger partial charge in [-0.25, -0.2) is 15.0 Å². The van der Waals surface area contributed by atoms with Gasteiger partial charge in [0.1, 0.15) is 16.7 Å². The van der Waals surface area contributed by atoms with Crippen molar-refractivity contribution in [2.24, 2.45) is 0 Å². The van der Waals surface area contributed by atoms with Crippen molar-refractivity contribution >= 4 is 29.2 Å². The van der Waals surface area contributed by atoms with Crippen LogP contribution >= 0.6 is 23.2 Å². The molecule has 3 rings (SSSR count). The predicted octanol–water partition coefficient (Wildman–Crippen LogP) is 3.92.